The summed E-state index contributed by atoms with van der Waals surface area (Å²) in [7, 11) is 0. The van der Waals surface area contributed by atoms with Crippen molar-refractivity contribution in [2.75, 3.05) is 18.2 Å². The predicted molar refractivity (Wildman–Crippen MR) is 97.6 cm³/mol. The van der Waals surface area contributed by atoms with Gasteiger partial charge in [-0.2, -0.15) is 0 Å². The van der Waals surface area contributed by atoms with E-state index in [2.05, 4.69) is 5.32 Å². The second kappa shape index (κ2) is 7.31. The molecule has 1 N–H and O–H groups in total. The van der Waals surface area contributed by atoms with Crippen molar-refractivity contribution in [2.45, 2.75) is 19.9 Å². The third kappa shape index (κ3) is 3.71. The Morgan fingerprint density at radius 2 is 2.12 bits per heavy atom. The standard InChI is InChI=1S/C18H20N2O4S/c1-11(2)8-19-17(22)13-9-25-10-20(13)18(23)16-7-14(21)12-5-3-4-6-15(12)24-16/h3-7,11,13H,8-10H2,1-2H3,(H,19,22)/t13-/m1/s1. The molecule has 1 aromatic heterocycles. The molecule has 25 heavy (non-hydrogen) atoms. The molecule has 6 nitrogen and oxygen atoms in total. The highest BCUT2D eigenvalue weighted by Gasteiger charge is 2.36. The molecule has 1 saturated heterocycles. The molecule has 132 valence electrons. The zero-order valence-corrected chi connectivity index (χ0v) is 15.0. The Kier molecular flexibility index (Phi) is 5.13. The molecule has 0 spiro atoms. The van der Waals surface area contributed by atoms with Crippen molar-refractivity contribution in [2.24, 2.45) is 5.92 Å². The summed E-state index contributed by atoms with van der Waals surface area (Å²) >= 11 is 1.51. The molecule has 2 aromatic rings. The SMILES string of the molecule is CC(C)CNC(=O)[C@H]1CSCN1C(=O)c1cc(=O)c2ccccc2o1. The van der Waals surface area contributed by atoms with Gasteiger partial charge in [-0.25, -0.2) is 0 Å². The molecule has 1 aromatic carbocycles. The monoisotopic (exact) mass is 360 g/mol. The largest absolute Gasteiger partial charge is 0.451 e. The minimum Gasteiger partial charge on any atom is -0.451 e. The van der Waals surface area contributed by atoms with E-state index in [1.54, 1.807) is 24.3 Å². The van der Waals surface area contributed by atoms with Crippen LogP contribution in [-0.2, 0) is 4.79 Å². The second-order valence-electron chi connectivity index (χ2n) is 6.40. The lowest BCUT2D eigenvalue weighted by atomic mass is 10.2. The molecule has 0 bridgehead atoms. The van der Waals surface area contributed by atoms with Crippen LogP contribution in [0.15, 0.2) is 39.5 Å². The Bertz CT molecular complexity index is 862. The number of nitrogens with zero attached hydrogens (tertiary/aromatic N) is 1. The number of rotatable bonds is 4. The highest BCUT2D eigenvalue weighted by atomic mass is 32.2. The summed E-state index contributed by atoms with van der Waals surface area (Å²) in [4.78, 5) is 38.8. The van der Waals surface area contributed by atoms with Crippen molar-refractivity contribution in [3.8, 4) is 0 Å². The Morgan fingerprint density at radius 1 is 1.36 bits per heavy atom. The quantitative estimate of drug-likeness (QED) is 0.903. The Labute approximate surface area is 149 Å². The number of carbonyl (C=O) groups is 2. The molecular formula is C18H20N2O4S. The van der Waals surface area contributed by atoms with Gasteiger partial charge < -0.3 is 14.6 Å². The van der Waals surface area contributed by atoms with E-state index in [0.717, 1.165) is 0 Å². The predicted octanol–water partition coefficient (Wildman–Crippen LogP) is 2.08. The molecule has 0 radical (unpaired) electrons. The van der Waals surface area contributed by atoms with Gasteiger partial charge in [0.25, 0.3) is 5.91 Å². The van der Waals surface area contributed by atoms with Crippen LogP contribution in [0.5, 0.6) is 0 Å². The molecule has 0 unspecified atom stereocenters. The molecule has 2 heterocycles. The summed E-state index contributed by atoms with van der Waals surface area (Å²) in [5.74, 6) is 0.629. The minimum atomic E-state index is -0.548. The fourth-order valence-electron chi connectivity index (χ4n) is 2.63. The van der Waals surface area contributed by atoms with Gasteiger partial charge in [-0.1, -0.05) is 26.0 Å². The molecule has 1 aliphatic rings. The number of thioether (sulfide) groups is 1. The van der Waals surface area contributed by atoms with Gasteiger partial charge in [0.15, 0.2) is 11.2 Å². The van der Waals surface area contributed by atoms with E-state index < -0.39 is 11.9 Å². The second-order valence-corrected chi connectivity index (χ2v) is 7.40. The summed E-state index contributed by atoms with van der Waals surface area (Å²) in [5, 5.41) is 3.29. The van der Waals surface area contributed by atoms with Crippen molar-refractivity contribution >= 4 is 34.5 Å². The minimum absolute atomic E-state index is 0.0344. The van der Waals surface area contributed by atoms with Gasteiger partial charge in [-0.15, -0.1) is 11.8 Å². The molecule has 1 atom stereocenters. The van der Waals surface area contributed by atoms with Gasteiger partial charge in [-0.3, -0.25) is 14.4 Å². The normalized spacial score (nSPS) is 17.2. The third-order valence-corrected chi connectivity index (χ3v) is 4.99. The molecule has 1 fully saturated rings. The number of amides is 2. The fraction of sp³-hybridized carbons (Fsp3) is 0.389. The third-order valence-electron chi connectivity index (χ3n) is 3.98. The lowest BCUT2D eigenvalue weighted by molar-refractivity contribution is -0.124. The summed E-state index contributed by atoms with van der Waals surface area (Å²) in [5.41, 5.74) is 0.101. The first-order valence-corrected chi connectivity index (χ1v) is 9.32. The van der Waals surface area contributed by atoms with E-state index in [1.165, 1.54) is 22.7 Å². The number of nitrogens with one attached hydrogen (secondary N) is 1. The first kappa shape index (κ1) is 17.5. The van der Waals surface area contributed by atoms with E-state index >= 15 is 0 Å². The average Bonchev–Trinajstić information content (AvgIpc) is 3.08. The molecule has 2 amide bonds. The van der Waals surface area contributed by atoms with Gasteiger partial charge in [-0.05, 0) is 18.1 Å². The maximum Gasteiger partial charge on any atom is 0.291 e. The summed E-state index contributed by atoms with van der Waals surface area (Å²) < 4.78 is 5.61. The average molecular weight is 360 g/mol. The topological polar surface area (TPSA) is 79.6 Å². The van der Waals surface area contributed by atoms with Gasteiger partial charge in [0.05, 0.1) is 11.3 Å². The maximum absolute atomic E-state index is 12.8. The molecule has 7 heteroatoms. The molecule has 1 aliphatic heterocycles. The van der Waals surface area contributed by atoms with Crippen molar-refractivity contribution in [1.82, 2.24) is 10.2 Å². The van der Waals surface area contributed by atoms with E-state index in [1.807, 2.05) is 13.8 Å². The number of carbonyl (C=O) groups excluding carboxylic acids is 2. The van der Waals surface area contributed by atoms with Crippen molar-refractivity contribution < 1.29 is 14.0 Å². The highest BCUT2D eigenvalue weighted by Crippen LogP contribution is 2.24. The van der Waals surface area contributed by atoms with Crippen LogP contribution in [0.25, 0.3) is 11.0 Å². The number of hydrogen-bond acceptors (Lipinski definition) is 5. The summed E-state index contributed by atoms with van der Waals surface area (Å²) in [6.45, 7) is 4.58. The van der Waals surface area contributed by atoms with Crippen LogP contribution >= 0.6 is 11.8 Å². The van der Waals surface area contributed by atoms with E-state index in [4.69, 9.17) is 4.42 Å². The Balaban J connectivity index is 1.84. The zero-order valence-electron chi connectivity index (χ0n) is 14.2. The van der Waals surface area contributed by atoms with Crippen molar-refractivity contribution in [3.63, 3.8) is 0 Å². The van der Waals surface area contributed by atoms with Gasteiger partial charge in [0.2, 0.25) is 5.91 Å². The number of fused-ring (bicyclic) bond motifs is 1. The van der Waals surface area contributed by atoms with Crippen LogP contribution in [0.3, 0.4) is 0 Å². The van der Waals surface area contributed by atoms with E-state index in [0.29, 0.717) is 35.1 Å². The van der Waals surface area contributed by atoms with Crippen LogP contribution in [0.2, 0.25) is 0 Å². The van der Waals surface area contributed by atoms with Crippen molar-refractivity contribution in [3.05, 3.63) is 46.3 Å². The summed E-state index contributed by atoms with van der Waals surface area (Å²) in [6.07, 6.45) is 0. The van der Waals surface area contributed by atoms with E-state index in [9.17, 15) is 14.4 Å². The number of para-hydroxylation sites is 1. The van der Waals surface area contributed by atoms with Crippen LogP contribution in [0.4, 0.5) is 0 Å². The molecule has 3 rings (SSSR count). The smallest absolute Gasteiger partial charge is 0.291 e. The highest BCUT2D eigenvalue weighted by molar-refractivity contribution is 7.99. The van der Waals surface area contributed by atoms with Crippen molar-refractivity contribution in [1.29, 1.82) is 0 Å². The fourth-order valence-corrected chi connectivity index (χ4v) is 3.79. The Hall–Kier alpha value is -2.28. The Morgan fingerprint density at radius 3 is 2.88 bits per heavy atom. The zero-order chi connectivity index (χ0) is 18.0. The maximum atomic E-state index is 12.8. The first-order valence-electron chi connectivity index (χ1n) is 8.16. The van der Waals surface area contributed by atoms with Crippen LogP contribution in [-0.4, -0.2) is 40.9 Å². The van der Waals surface area contributed by atoms with Crippen LogP contribution in [0, 0.1) is 5.92 Å². The van der Waals surface area contributed by atoms with Crippen LogP contribution in [0.1, 0.15) is 24.4 Å². The summed E-state index contributed by atoms with van der Waals surface area (Å²) in [6, 6.07) is 7.45. The lowest BCUT2D eigenvalue weighted by Crippen LogP contribution is -2.48. The molecule has 0 saturated carbocycles. The van der Waals surface area contributed by atoms with Gasteiger partial charge in [0, 0.05) is 18.4 Å². The van der Waals surface area contributed by atoms with Gasteiger partial charge >= 0.3 is 0 Å². The molecule has 0 aliphatic carbocycles. The number of benzene rings is 1. The lowest BCUT2D eigenvalue weighted by Gasteiger charge is -2.23. The first-order chi connectivity index (χ1) is 12.0. The van der Waals surface area contributed by atoms with E-state index in [-0.39, 0.29) is 17.1 Å². The molecular weight excluding hydrogens is 340 g/mol. The van der Waals surface area contributed by atoms with Gasteiger partial charge in [0.1, 0.15) is 11.6 Å². The van der Waals surface area contributed by atoms with Crippen LogP contribution < -0.4 is 10.7 Å². The number of hydrogen-bond donors (Lipinski definition) is 1.